The summed E-state index contributed by atoms with van der Waals surface area (Å²) in [6.45, 7) is 0.625. The monoisotopic (exact) mass is 427 g/mol. The van der Waals surface area contributed by atoms with Crippen LogP contribution >= 0.6 is 34.8 Å². The lowest BCUT2D eigenvalue weighted by Gasteiger charge is -2.40. The zero-order valence-corrected chi connectivity index (χ0v) is 17.1. The van der Waals surface area contributed by atoms with Crippen molar-refractivity contribution in [2.24, 2.45) is 0 Å². The molecule has 0 amide bonds. The maximum Gasteiger partial charge on any atom is 0.320 e. The molecule has 0 aliphatic carbocycles. The molecule has 144 valence electrons. The van der Waals surface area contributed by atoms with Crippen LogP contribution in [0.1, 0.15) is 36.4 Å². The van der Waals surface area contributed by atoms with Gasteiger partial charge in [0.15, 0.2) is 0 Å². The van der Waals surface area contributed by atoms with Crippen molar-refractivity contribution in [3.8, 4) is 5.75 Å². The number of carboxylic acids is 1. The number of methoxy groups -OCH3 is 1. The van der Waals surface area contributed by atoms with Gasteiger partial charge in [0.25, 0.3) is 0 Å². The van der Waals surface area contributed by atoms with E-state index in [0.717, 1.165) is 24.0 Å². The van der Waals surface area contributed by atoms with Gasteiger partial charge >= 0.3 is 5.97 Å². The summed E-state index contributed by atoms with van der Waals surface area (Å²) in [4.78, 5) is 13.9. The summed E-state index contributed by atoms with van der Waals surface area (Å²) in [6, 6.07) is 9.66. The molecule has 2 aromatic carbocycles. The van der Waals surface area contributed by atoms with Crippen molar-refractivity contribution in [1.82, 2.24) is 4.90 Å². The second-order valence-corrected chi connectivity index (χ2v) is 7.74. The van der Waals surface area contributed by atoms with Crippen molar-refractivity contribution in [2.75, 3.05) is 13.7 Å². The molecule has 4 nitrogen and oxygen atoms in total. The number of aliphatic carboxylic acids is 1. The van der Waals surface area contributed by atoms with Gasteiger partial charge in [-0.1, -0.05) is 53.4 Å². The SMILES string of the molecule is COc1ccc(Cl)cc1C(c1cccc(Cl)c1Cl)N1CCCCC1C(=O)O. The molecule has 0 radical (unpaired) electrons. The molecule has 0 saturated carbocycles. The highest BCUT2D eigenvalue weighted by Crippen LogP contribution is 2.43. The van der Waals surface area contributed by atoms with Crippen molar-refractivity contribution in [3.05, 3.63) is 62.6 Å². The van der Waals surface area contributed by atoms with Gasteiger partial charge in [-0.2, -0.15) is 0 Å². The highest BCUT2D eigenvalue weighted by atomic mass is 35.5. The summed E-state index contributed by atoms with van der Waals surface area (Å²) in [7, 11) is 1.58. The number of nitrogens with zero attached hydrogens (tertiary/aromatic N) is 1. The minimum atomic E-state index is -0.848. The maximum absolute atomic E-state index is 11.9. The zero-order valence-electron chi connectivity index (χ0n) is 14.8. The smallest absolute Gasteiger partial charge is 0.320 e. The van der Waals surface area contributed by atoms with Crippen molar-refractivity contribution in [3.63, 3.8) is 0 Å². The number of carboxylic acid groups (broad SMARTS) is 1. The summed E-state index contributed by atoms with van der Waals surface area (Å²) in [5.41, 5.74) is 1.50. The van der Waals surface area contributed by atoms with E-state index in [1.165, 1.54) is 0 Å². The third-order valence-electron chi connectivity index (χ3n) is 4.92. The van der Waals surface area contributed by atoms with E-state index in [2.05, 4.69) is 0 Å². The molecule has 0 aromatic heterocycles. The van der Waals surface area contributed by atoms with Gasteiger partial charge in [0.1, 0.15) is 11.8 Å². The van der Waals surface area contributed by atoms with Crippen LogP contribution in [0.15, 0.2) is 36.4 Å². The number of ether oxygens (including phenoxy) is 1. The van der Waals surface area contributed by atoms with Gasteiger partial charge in [0.2, 0.25) is 0 Å². The third-order valence-corrected chi connectivity index (χ3v) is 5.99. The minimum Gasteiger partial charge on any atom is -0.496 e. The number of likely N-dealkylation sites (tertiary alicyclic amines) is 1. The van der Waals surface area contributed by atoms with Crippen molar-refractivity contribution in [1.29, 1.82) is 0 Å². The summed E-state index contributed by atoms with van der Waals surface area (Å²) >= 11 is 19.1. The predicted molar refractivity (Wildman–Crippen MR) is 108 cm³/mol. The van der Waals surface area contributed by atoms with Crippen LogP contribution in [0.5, 0.6) is 5.75 Å². The second-order valence-electron chi connectivity index (χ2n) is 6.52. The van der Waals surface area contributed by atoms with E-state index in [1.54, 1.807) is 31.4 Å². The Morgan fingerprint density at radius 3 is 2.67 bits per heavy atom. The van der Waals surface area contributed by atoms with Crippen LogP contribution in [0.2, 0.25) is 15.1 Å². The lowest BCUT2D eigenvalue weighted by molar-refractivity contribution is -0.145. The molecule has 1 aliphatic rings. The van der Waals surface area contributed by atoms with Crippen LogP contribution in [-0.2, 0) is 4.79 Å². The van der Waals surface area contributed by atoms with E-state index < -0.39 is 18.1 Å². The molecule has 1 N–H and O–H groups in total. The Hall–Kier alpha value is -1.46. The highest BCUT2D eigenvalue weighted by molar-refractivity contribution is 6.42. The number of piperidine rings is 1. The maximum atomic E-state index is 11.9. The number of hydrogen-bond donors (Lipinski definition) is 1. The fourth-order valence-corrected chi connectivity index (χ4v) is 4.30. The molecule has 1 heterocycles. The second kappa shape index (κ2) is 8.70. The predicted octanol–water partition coefficient (Wildman–Crippen LogP) is 5.68. The average Bonchev–Trinajstić information content (AvgIpc) is 2.66. The van der Waals surface area contributed by atoms with E-state index in [4.69, 9.17) is 39.5 Å². The van der Waals surface area contributed by atoms with Crippen LogP contribution < -0.4 is 4.74 Å². The molecule has 2 atom stereocenters. The standard InChI is InChI=1S/C20H20Cl3NO3/c1-27-17-9-8-12(21)11-14(17)19(13-5-4-6-15(22)18(13)23)24-10-3-2-7-16(24)20(25)26/h4-6,8-9,11,16,19H,2-3,7,10H2,1H3,(H,25,26). The van der Waals surface area contributed by atoms with Crippen molar-refractivity contribution in [2.45, 2.75) is 31.3 Å². The van der Waals surface area contributed by atoms with Crippen LogP contribution in [0, 0.1) is 0 Å². The summed E-state index contributed by atoms with van der Waals surface area (Å²) in [5.74, 6) is -0.228. The first kappa shape index (κ1) is 20.3. The first-order valence-electron chi connectivity index (χ1n) is 8.70. The number of benzene rings is 2. The lowest BCUT2D eigenvalue weighted by atomic mass is 9.91. The molecule has 7 heteroatoms. The van der Waals surface area contributed by atoms with Crippen molar-refractivity contribution >= 4 is 40.8 Å². The van der Waals surface area contributed by atoms with Crippen LogP contribution in [0.3, 0.4) is 0 Å². The van der Waals surface area contributed by atoms with Crippen LogP contribution in [-0.4, -0.2) is 35.7 Å². The van der Waals surface area contributed by atoms with Crippen molar-refractivity contribution < 1.29 is 14.6 Å². The third kappa shape index (κ3) is 4.19. The largest absolute Gasteiger partial charge is 0.496 e. The van der Waals surface area contributed by atoms with E-state index in [9.17, 15) is 9.90 Å². The number of rotatable bonds is 5. The minimum absolute atomic E-state index is 0.404. The zero-order chi connectivity index (χ0) is 19.6. The van der Waals surface area contributed by atoms with Gasteiger partial charge in [-0.3, -0.25) is 9.69 Å². The molecule has 2 unspecified atom stereocenters. The molecule has 0 bridgehead atoms. The highest BCUT2D eigenvalue weighted by Gasteiger charge is 2.37. The Kier molecular flexibility index (Phi) is 6.53. The molecule has 1 fully saturated rings. The molecule has 1 aliphatic heterocycles. The summed E-state index contributed by atoms with van der Waals surface area (Å²) in [5, 5.41) is 11.2. The topological polar surface area (TPSA) is 49.8 Å². The lowest BCUT2D eigenvalue weighted by Crippen LogP contribution is -2.47. The fraction of sp³-hybridized carbons (Fsp3) is 0.350. The van der Waals surface area contributed by atoms with Gasteiger partial charge in [0.05, 0.1) is 23.2 Å². The number of halogens is 3. The first-order valence-corrected chi connectivity index (χ1v) is 9.83. The van der Waals surface area contributed by atoms with E-state index in [1.807, 2.05) is 17.0 Å². The normalized spacial score (nSPS) is 18.9. The molecule has 3 rings (SSSR count). The Morgan fingerprint density at radius 1 is 1.19 bits per heavy atom. The molecular weight excluding hydrogens is 409 g/mol. The molecule has 2 aromatic rings. The van der Waals surface area contributed by atoms with Gasteiger partial charge in [-0.05, 0) is 49.2 Å². The summed E-state index contributed by atoms with van der Waals surface area (Å²) < 4.78 is 5.55. The van der Waals surface area contributed by atoms with Gasteiger partial charge < -0.3 is 9.84 Å². The molecule has 0 spiro atoms. The number of hydrogen-bond acceptors (Lipinski definition) is 3. The Bertz CT molecular complexity index is 843. The Balaban J connectivity index is 2.22. The van der Waals surface area contributed by atoms with Crippen LogP contribution in [0.25, 0.3) is 0 Å². The van der Waals surface area contributed by atoms with E-state index >= 15 is 0 Å². The molecule has 27 heavy (non-hydrogen) atoms. The van der Waals surface area contributed by atoms with E-state index in [-0.39, 0.29) is 0 Å². The van der Waals surface area contributed by atoms with Gasteiger partial charge in [-0.25, -0.2) is 0 Å². The Labute approximate surface area is 173 Å². The van der Waals surface area contributed by atoms with Crippen LogP contribution in [0.4, 0.5) is 0 Å². The molecule has 1 saturated heterocycles. The Morgan fingerprint density at radius 2 is 1.96 bits per heavy atom. The average molecular weight is 429 g/mol. The van der Waals surface area contributed by atoms with Gasteiger partial charge in [-0.15, -0.1) is 0 Å². The number of carbonyl (C=O) groups is 1. The van der Waals surface area contributed by atoms with E-state index in [0.29, 0.717) is 33.8 Å². The molecular formula is C20H20Cl3NO3. The first-order chi connectivity index (χ1) is 12.9. The van der Waals surface area contributed by atoms with Gasteiger partial charge in [0, 0.05) is 10.6 Å². The fourth-order valence-electron chi connectivity index (χ4n) is 3.70. The quantitative estimate of drug-likeness (QED) is 0.665. The summed E-state index contributed by atoms with van der Waals surface area (Å²) in [6.07, 6.45) is 2.35.